The average molecular weight is 640 g/mol. The number of methoxy groups -OCH3 is 1. The number of benzene rings is 3. The van der Waals surface area contributed by atoms with E-state index >= 15 is 0 Å². The number of likely N-dealkylation sites (tertiary alicyclic amines) is 1. The Morgan fingerprint density at radius 2 is 1.75 bits per heavy atom. The first-order chi connectivity index (χ1) is 21.4. The van der Waals surface area contributed by atoms with Crippen LogP contribution < -0.4 is 14.8 Å². The van der Waals surface area contributed by atoms with E-state index in [4.69, 9.17) is 32.7 Å². The molecule has 232 valence electrons. The van der Waals surface area contributed by atoms with Gasteiger partial charge < -0.3 is 19.4 Å². The van der Waals surface area contributed by atoms with Gasteiger partial charge in [0.15, 0.2) is 0 Å². The number of rotatable bonds is 12. The van der Waals surface area contributed by atoms with Crippen molar-refractivity contribution in [1.82, 2.24) is 19.7 Å². The Morgan fingerprint density at radius 3 is 2.48 bits per heavy atom. The molecule has 0 radical (unpaired) electrons. The van der Waals surface area contributed by atoms with Crippen LogP contribution in [-0.2, 0) is 13.1 Å². The van der Waals surface area contributed by atoms with Crippen LogP contribution in [0.5, 0.6) is 11.5 Å². The maximum absolute atomic E-state index is 13.4. The molecule has 3 aromatic carbocycles. The van der Waals surface area contributed by atoms with Crippen molar-refractivity contribution in [3.8, 4) is 11.5 Å². The summed E-state index contributed by atoms with van der Waals surface area (Å²) in [5.74, 6) is 1.05. The summed E-state index contributed by atoms with van der Waals surface area (Å²) in [6, 6.07) is 18.5. The second-order valence-corrected chi connectivity index (χ2v) is 12.4. The van der Waals surface area contributed by atoms with Gasteiger partial charge in [-0.05, 0) is 67.3 Å². The Hall–Kier alpha value is -3.30. The molecule has 0 spiro atoms. The predicted octanol–water partition coefficient (Wildman–Crippen LogP) is 6.64. The van der Waals surface area contributed by atoms with Crippen molar-refractivity contribution < 1.29 is 18.7 Å². The molecule has 1 amide bonds. The lowest BCUT2D eigenvalue weighted by Crippen LogP contribution is -2.54. The fourth-order valence-electron chi connectivity index (χ4n) is 6.65. The molecule has 4 aromatic rings. The number of hydrogen-bond acceptors (Lipinski definition) is 5. The summed E-state index contributed by atoms with van der Waals surface area (Å²) in [6.45, 7) is 5.66. The monoisotopic (exact) mass is 638 g/mol. The van der Waals surface area contributed by atoms with E-state index in [0.29, 0.717) is 46.6 Å². The quantitative estimate of drug-likeness (QED) is 0.188. The summed E-state index contributed by atoms with van der Waals surface area (Å²) in [6.07, 6.45) is 5.34. The smallest absolute Gasteiger partial charge is 0.253 e. The van der Waals surface area contributed by atoms with Crippen LogP contribution in [0.1, 0.15) is 35.2 Å². The number of halogens is 3. The van der Waals surface area contributed by atoms with Gasteiger partial charge in [0.25, 0.3) is 5.91 Å². The first-order valence-electron chi connectivity index (χ1n) is 15.1. The third-order valence-electron chi connectivity index (χ3n) is 8.78. The molecule has 2 bridgehead atoms. The second-order valence-electron chi connectivity index (χ2n) is 11.6. The van der Waals surface area contributed by atoms with Crippen LogP contribution in [0.25, 0.3) is 10.9 Å². The molecule has 1 aromatic heterocycles. The summed E-state index contributed by atoms with van der Waals surface area (Å²) in [5.41, 5.74) is 2.43. The Labute approximate surface area is 267 Å². The van der Waals surface area contributed by atoms with Gasteiger partial charge in [0.2, 0.25) is 0 Å². The van der Waals surface area contributed by atoms with Gasteiger partial charge in [-0.25, -0.2) is 4.39 Å². The van der Waals surface area contributed by atoms with E-state index in [1.807, 2.05) is 30.5 Å². The number of nitrogens with one attached hydrogen (secondary N) is 1. The summed E-state index contributed by atoms with van der Waals surface area (Å²) in [4.78, 5) is 18.5. The molecule has 2 aliphatic rings. The summed E-state index contributed by atoms with van der Waals surface area (Å²) < 4.78 is 26.9. The molecule has 0 aliphatic carbocycles. The van der Waals surface area contributed by atoms with Gasteiger partial charge in [-0.15, -0.1) is 0 Å². The number of carbonyl (C=O) groups excluding carboxylic acids is 1. The SMILES string of the molecule is COc1cccc2c(C(=O)NCc3ccc(Cl)c(Cl)c3)cn(CCCN3[C@@H]4CC[C@H]3CN(CCOc3ccc(F)cc3)C4)c12. The van der Waals surface area contributed by atoms with Gasteiger partial charge in [0.05, 0.1) is 28.2 Å². The maximum Gasteiger partial charge on any atom is 0.253 e. The molecule has 0 saturated carbocycles. The third kappa shape index (κ3) is 6.84. The van der Waals surface area contributed by atoms with Crippen LogP contribution >= 0.6 is 23.2 Å². The van der Waals surface area contributed by atoms with Gasteiger partial charge in [0.1, 0.15) is 23.9 Å². The zero-order valence-electron chi connectivity index (χ0n) is 24.8. The fourth-order valence-corrected chi connectivity index (χ4v) is 6.97. The zero-order chi connectivity index (χ0) is 30.6. The van der Waals surface area contributed by atoms with Crippen molar-refractivity contribution in [2.45, 2.75) is 44.4 Å². The van der Waals surface area contributed by atoms with Crippen molar-refractivity contribution in [2.24, 2.45) is 0 Å². The number of aromatic nitrogens is 1. The number of carbonyl (C=O) groups is 1. The van der Waals surface area contributed by atoms with Crippen LogP contribution in [0.2, 0.25) is 10.0 Å². The van der Waals surface area contributed by atoms with Gasteiger partial charge in [-0.2, -0.15) is 0 Å². The van der Waals surface area contributed by atoms with Gasteiger partial charge in [-0.1, -0.05) is 41.4 Å². The summed E-state index contributed by atoms with van der Waals surface area (Å²) >= 11 is 12.2. The van der Waals surface area contributed by atoms with Gasteiger partial charge in [-0.3, -0.25) is 14.6 Å². The lowest BCUT2D eigenvalue weighted by Gasteiger charge is -2.41. The summed E-state index contributed by atoms with van der Waals surface area (Å²) in [7, 11) is 1.66. The van der Waals surface area contributed by atoms with Gasteiger partial charge >= 0.3 is 0 Å². The molecule has 2 saturated heterocycles. The predicted molar refractivity (Wildman–Crippen MR) is 173 cm³/mol. The van der Waals surface area contributed by atoms with E-state index in [9.17, 15) is 9.18 Å². The highest BCUT2D eigenvalue weighted by atomic mass is 35.5. The van der Waals surface area contributed by atoms with E-state index < -0.39 is 0 Å². The molecule has 2 atom stereocenters. The normalized spacial score (nSPS) is 18.5. The number of aryl methyl sites for hydroxylation is 1. The second kappa shape index (κ2) is 13.8. The molecule has 44 heavy (non-hydrogen) atoms. The Morgan fingerprint density at radius 1 is 0.977 bits per heavy atom. The lowest BCUT2D eigenvalue weighted by atomic mass is 10.1. The minimum absolute atomic E-state index is 0.148. The topological polar surface area (TPSA) is 59.0 Å². The van der Waals surface area contributed by atoms with Crippen LogP contribution in [-0.4, -0.2) is 72.3 Å². The molecule has 1 N–H and O–H groups in total. The summed E-state index contributed by atoms with van der Waals surface area (Å²) in [5, 5.41) is 4.85. The number of amides is 1. The number of fused-ring (bicyclic) bond motifs is 3. The van der Waals surface area contributed by atoms with Crippen molar-refractivity contribution in [3.05, 3.63) is 93.8 Å². The molecular formula is C34H37Cl2FN4O3. The molecule has 3 heterocycles. The zero-order valence-corrected chi connectivity index (χ0v) is 26.3. The maximum atomic E-state index is 13.4. The molecule has 6 rings (SSSR count). The average Bonchev–Trinajstić information content (AvgIpc) is 3.51. The largest absolute Gasteiger partial charge is 0.495 e. The number of nitrogens with zero attached hydrogens (tertiary/aromatic N) is 3. The van der Waals surface area contributed by atoms with E-state index in [1.54, 1.807) is 31.4 Å². The minimum atomic E-state index is -0.253. The van der Waals surface area contributed by atoms with E-state index in [0.717, 1.165) is 61.4 Å². The molecule has 2 aliphatic heterocycles. The fraction of sp³-hybridized carbons (Fsp3) is 0.382. The first-order valence-corrected chi connectivity index (χ1v) is 15.9. The highest BCUT2D eigenvalue weighted by Crippen LogP contribution is 2.32. The lowest BCUT2D eigenvalue weighted by molar-refractivity contribution is 0.0574. The minimum Gasteiger partial charge on any atom is -0.495 e. The van der Waals surface area contributed by atoms with Crippen molar-refractivity contribution >= 4 is 40.0 Å². The number of ether oxygens (including phenoxy) is 2. The number of hydrogen-bond donors (Lipinski definition) is 1. The number of piperazine rings is 1. The highest BCUT2D eigenvalue weighted by molar-refractivity contribution is 6.42. The Balaban J connectivity index is 1.06. The van der Waals surface area contributed by atoms with Crippen LogP contribution in [0.15, 0.2) is 66.9 Å². The van der Waals surface area contributed by atoms with Crippen molar-refractivity contribution in [3.63, 3.8) is 0 Å². The standard InChI is InChI=1S/C34H37Cl2FN4O3/c1-43-32-5-2-4-28-29(34(42)38-19-23-6-13-30(35)31(36)18-23)22-40(33(28)32)14-3-15-41-25-9-10-26(41)21-39(20-25)16-17-44-27-11-7-24(37)8-12-27/h2,4-8,11-13,18,22,25-26H,3,9-10,14-17,19-21H2,1H3,(H,38,42)/t25-,26+. The molecule has 0 unspecified atom stereocenters. The molecular weight excluding hydrogens is 602 g/mol. The van der Waals surface area contributed by atoms with E-state index in [-0.39, 0.29) is 11.7 Å². The Kier molecular flexibility index (Phi) is 9.62. The van der Waals surface area contributed by atoms with Crippen LogP contribution in [0, 0.1) is 5.82 Å². The van der Waals surface area contributed by atoms with E-state index in [1.165, 1.54) is 25.0 Å². The van der Waals surface area contributed by atoms with Crippen molar-refractivity contribution in [2.75, 3.05) is 39.9 Å². The Bertz CT molecular complexity index is 1600. The molecule has 7 nitrogen and oxygen atoms in total. The molecule has 2 fully saturated rings. The van der Waals surface area contributed by atoms with E-state index in [2.05, 4.69) is 19.7 Å². The molecule has 10 heteroatoms. The van der Waals surface area contributed by atoms with Crippen LogP contribution in [0.3, 0.4) is 0 Å². The van der Waals surface area contributed by atoms with Crippen molar-refractivity contribution in [1.29, 1.82) is 0 Å². The first kappa shape index (κ1) is 30.7. The highest BCUT2D eigenvalue weighted by Gasteiger charge is 2.39. The van der Waals surface area contributed by atoms with Gasteiger partial charge in [0, 0.05) is 62.9 Å². The third-order valence-corrected chi connectivity index (χ3v) is 9.52. The number of para-hydroxylation sites is 1. The van der Waals surface area contributed by atoms with Crippen LogP contribution in [0.4, 0.5) is 4.39 Å².